The monoisotopic (exact) mass is 437 g/mol. The van der Waals surface area contributed by atoms with E-state index in [4.69, 9.17) is 4.98 Å². The zero-order valence-corrected chi connectivity index (χ0v) is 19.3. The maximum Gasteiger partial charge on any atom is 0.222 e. The second-order valence-corrected chi connectivity index (χ2v) is 9.30. The summed E-state index contributed by atoms with van der Waals surface area (Å²) in [6.07, 6.45) is 8.41. The molecule has 3 heterocycles. The van der Waals surface area contributed by atoms with Crippen LogP contribution in [0.2, 0.25) is 0 Å². The third-order valence-corrected chi connectivity index (χ3v) is 6.81. The largest absolute Gasteiger partial charge is 0.361 e. The van der Waals surface area contributed by atoms with E-state index >= 15 is 0 Å². The summed E-state index contributed by atoms with van der Waals surface area (Å²) in [5.41, 5.74) is 7.29. The van der Waals surface area contributed by atoms with Gasteiger partial charge in [-0.25, -0.2) is 0 Å². The van der Waals surface area contributed by atoms with Crippen molar-refractivity contribution >= 4 is 16.8 Å². The summed E-state index contributed by atoms with van der Waals surface area (Å²) in [6.45, 7) is 3.76. The van der Waals surface area contributed by atoms with Crippen LogP contribution in [0.5, 0.6) is 0 Å². The van der Waals surface area contributed by atoms with Crippen LogP contribution >= 0.6 is 0 Å². The van der Waals surface area contributed by atoms with Crippen molar-refractivity contribution in [3.8, 4) is 0 Å². The van der Waals surface area contributed by atoms with Gasteiger partial charge in [0.1, 0.15) is 0 Å². The number of hydrogen-bond acceptors (Lipinski definition) is 2. The number of likely N-dealkylation sites (tertiary alicyclic amines) is 1. The summed E-state index contributed by atoms with van der Waals surface area (Å²) in [7, 11) is 0. The molecular weight excluding hydrogens is 406 g/mol. The van der Waals surface area contributed by atoms with Crippen LogP contribution in [0.25, 0.3) is 10.9 Å². The summed E-state index contributed by atoms with van der Waals surface area (Å²) in [6, 6.07) is 21.3. The first kappa shape index (κ1) is 21.4. The number of fused-ring (bicyclic) bond motifs is 1. The Morgan fingerprint density at radius 2 is 2.00 bits per heavy atom. The molecule has 4 nitrogen and oxygen atoms in total. The number of aryl methyl sites for hydroxylation is 2. The molecule has 2 aromatic heterocycles. The molecule has 1 fully saturated rings. The van der Waals surface area contributed by atoms with Crippen molar-refractivity contribution in [3.05, 3.63) is 101 Å². The number of rotatable bonds is 6. The Kier molecular flexibility index (Phi) is 6.25. The van der Waals surface area contributed by atoms with Gasteiger partial charge in [-0.2, -0.15) is 0 Å². The number of nitrogens with one attached hydrogen (secondary N) is 1. The quantitative estimate of drug-likeness (QED) is 0.414. The molecule has 4 heteroatoms. The summed E-state index contributed by atoms with van der Waals surface area (Å²) in [4.78, 5) is 23.1. The van der Waals surface area contributed by atoms with Crippen LogP contribution in [0.3, 0.4) is 0 Å². The number of carbonyl (C=O) groups is 1. The molecule has 168 valence electrons. The van der Waals surface area contributed by atoms with Crippen molar-refractivity contribution < 1.29 is 4.79 Å². The molecule has 0 radical (unpaired) electrons. The molecule has 4 aromatic rings. The van der Waals surface area contributed by atoms with Crippen molar-refractivity contribution in [1.82, 2.24) is 14.9 Å². The minimum Gasteiger partial charge on any atom is -0.361 e. The van der Waals surface area contributed by atoms with Crippen LogP contribution in [0, 0.1) is 6.92 Å². The summed E-state index contributed by atoms with van der Waals surface area (Å²) in [5, 5.41) is 1.22. The molecule has 0 spiro atoms. The summed E-state index contributed by atoms with van der Waals surface area (Å²) < 4.78 is 0. The molecule has 0 saturated carbocycles. The first-order valence-corrected chi connectivity index (χ1v) is 12.0. The number of piperidine rings is 1. The minimum absolute atomic E-state index is 0.251. The lowest BCUT2D eigenvalue weighted by Gasteiger charge is -2.32. The minimum atomic E-state index is 0.251. The molecule has 0 bridgehead atoms. The first-order valence-electron chi connectivity index (χ1n) is 12.0. The van der Waals surface area contributed by atoms with Gasteiger partial charge in [-0.3, -0.25) is 9.78 Å². The highest BCUT2D eigenvalue weighted by atomic mass is 16.2. The van der Waals surface area contributed by atoms with E-state index in [-0.39, 0.29) is 5.91 Å². The van der Waals surface area contributed by atoms with E-state index in [0.29, 0.717) is 12.3 Å². The Morgan fingerprint density at radius 3 is 2.85 bits per heavy atom. The highest BCUT2D eigenvalue weighted by molar-refractivity contribution is 5.84. The molecule has 1 saturated heterocycles. The van der Waals surface area contributed by atoms with Crippen molar-refractivity contribution in [2.45, 2.75) is 44.9 Å². The Morgan fingerprint density at radius 1 is 1.09 bits per heavy atom. The number of pyridine rings is 1. The van der Waals surface area contributed by atoms with Crippen molar-refractivity contribution in [3.63, 3.8) is 0 Å². The van der Waals surface area contributed by atoms with Gasteiger partial charge in [0.15, 0.2) is 0 Å². The van der Waals surface area contributed by atoms with Gasteiger partial charge in [0.2, 0.25) is 5.91 Å². The van der Waals surface area contributed by atoms with Crippen LogP contribution in [0.15, 0.2) is 73.1 Å². The zero-order valence-electron chi connectivity index (χ0n) is 19.3. The van der Waals surface area contributed by atoms with Crippen LogP contribution in [-0.4, -0.2) is 33.9 Å². The van der Waals surface area contributed by atoms with E-state index in [0.717, 1.165) is 50.0 Å². The lowest BCUT2D eigenvalue weighted by Crippen LogP contribution is -2.39. The van der Waals surface area contributed by atoms with Crippen molar-refractivity contribution in [2.75, 3.05) is 13.1 Å². The zero-order chi connectivity index (χ0) is 22.6. The number of nitrogens with zero attached hydrogens (tertiary/aromatic N) is 2. The number of H-pyrrole nitrogens is 1. The number of aromatic amines is 1. The molecule has 1 N–H and O–H groups in total. The Balaban J connectivity index is 1.19. The normalized spacial score (nSPS) is 16.3. The number of carbonyl (C=O) groups excluding carboxylic acids is 1. The Bertz CT molecular complexity index is 1240. The molecule has 5 rings (SSSR count). The highest BCUT2D eigenvalue weighted by Crippen LogP contribution is 2.27. The highest BCUT2D eigenvalue weighted by Gasteiger charge is 2.25. The summed E-state index contributed by atoms with van der Waals surface area (Å²) >= 11 is 0. The molecule has 33 heavy (non-hydrogen) atoms. The number of aromatic nitrogens is 2. The lowest BCUT2D eigenvalue weighted by molar-refractivity contribution is -0.132. The van der Waals surface area contributed by atoms with Gasteiger partial charge >= 0.3 is 0 Å². The smallest absolute Gasteiger partial charge is 0.222 e. The molecule has 0 unspecified atom stereocenters. The third-order valence-electron chi connectivity index (χ3n) is 6.81. The van der Waals surface area contributed by atoms with Crippen LogP contribution in [-0.2, 0) is 17.6 Å². The van der Waals surface area contributed by atoms with Gasteiger partial charge < -0.3 is 9.88 Å². The molecule has 1 atom stereocenters. The summed E-state index contributed by atoms with van der Waals surface area (Å²) in [5.74, 6) is 0.574. The average molecular weight is 438 g/mol. The Hall–Kier alpha value is -3.40. The van der Waals surface area contributed by atoms with Gasteiger partial charge in [-0.15, -0.1) is 0 Å². The van der Waals surface area contributed by atoms with Gasteiger partial charge in [0.05, 0.1) is 0 Å². The first-order chi connectivity index (χ1) is 16.2. The van der Waals surface area contributed by atoms with Gasteiger partial charge in [-0.05, 0) is 61.4 Å². The van der Waals surface area contributed by atoms with Gasteiger partial charge in [-0.1, -0.05) is 54.1 Å². The average Bonchev–Trinajstić information content (AvgIpc) is 3.26. The van der Waals surface area contributed by atoms with E-state index in [9.17, 15) is 4.79 Å². The van der Waals surface area contributed by atoms with E-state index in [2.05, 4.69) is 66.5 Å². The topological polar surface area (TPSA) is 49.0 Å². The SMILES string of the molecule is Cc1cccc(Cc2ccc([C@@H]3CCCN(C(=O)CCc4c[nH]c5ccccc45)C3)nc2)c1. The van der Waals surface area contributed by atoms with E-state index in [1.807, 2.05) is 23.4 Å². The van der Waals surface area contributed by atoms with Crippen LogP contribution in [0.1, 0.15) is 53.1 Å². The number of hydrogen-bond donors (Lipinski definition) is 1. The number of amides is 1. The molecule has 1 aliphatic rings. The van der Waals surface area contributed by atoms with E-state index < -0.39 is 0 Å². The third kappa shape index (κ3) is 5.00. The lowest BCUT2D eigenvalue weighted by atomic mass is 9.93. The number of benzene rings is 2. The molecular formula is C29H31N3O. The van der Waals surface area contributed by atoms with Gasteiger partial charge in [0, 0.05) is 54.4 Å². The second kappa shape index (κ2) is 9.62. The standard InChI is InChI=1S/C29H31N3O/c1-21-6-4-7-22(16-21)17-23-11-13-27(30-18-23)25-8-5-15-32(20-25)29(33)14-12-24-19-31-28-10-3-2-9-26(24)28/h2-4,6-7,9-11,13,16,18-19,25,31H,5,8,12,14-15,17,20H2,1H3/t25-/m1/s1. The van der Waals surface area contributed by atoms with Crippen LogP contribution in [0.4, 0.5) is 0 Å². The van der Waals surface area contributed by atoms with Crippen molar-refractivity contribution in [1.29, 1.82) is 0 Å². The van der Waals surface area contributed by atoms with Crippen LogP contribution < -0.4 is 0 Å². The maximum absolute atomic E-state index is 13.0. The maximum atomic E-state index is 13.0. The molecule has 0 aliphatic carbocycles. The van der Waals surface area contributed by atoms with E-state index in [1.54, 1.807) is 0 Å². The second-order valence-electron chi connectivity index (χ2n) is 9.30. The molecule has 1 aliphatic heterocycles. The van der Waals surface area contributed by atoms with E-state index in [1.165, 1.54) is 27.6 Å². The fourth-order valence-corrected chi connectivity index (χ4v) is 5.02. The van der Waals surface area contributed by atoms with Gasteiger partial charge in [0.25, 0.3) is 0 Å². The fourth-order valence-electron chi connectivity index (χ4n) is 5.02. The molecule has 1 amide bonds. The fraction of sp³-hybridized carbons (Fsp3) is 0.310. The predicted octanol–water partition coefficient (Wildman–Crippen LogP) is 5.80. The Labute approximate surface area is 195 Å². The van der Waals surface area contributed by atoms with Crippen molar-refractivity contribution in [2.24, 2.45) is 0 Å². The number of para-hydroxylation sites is 1. The predicted molar refractivity (Wildman–Crippen MR) is 133 cm³/mol. The molecule has 2 aromatic carbocycles.